The molecule has 1 atom stereocenters. The molecule has 0 saturated heterocycles. The first kappa shape index (κ1) is 21.1. The van der Waals surface area contributed by atoms with Crippen LogP contribution in [0.3, 0.4) is 0 Å². The predicted octanol–water partition coefficient (Wildman–Crippen LogP) is 0.0637. The van der Waals surface area contributed by atoms with E-state index in [1.165, 1.54) is 11.0 Å². The number of carbonyl (C=O) groups is 2. The first-order chi connectivity index (χ1) is 13.5. The molecular formula is C21H17ClIN3O3. The second kappa shape index (κ2) is 8.79. The highest BCUT2D eigenvalue weighted by Crippen LogP contribution is 2.35. The lowest BCUT2D eigenvalue weighted by Gasteiger charge is -2.32. The van der Waals surface area contributed by atoms with Crippen molar-refractivity contribution in [3.63, 3.8) is 0 Å². The molecule has 2 amide bonds. The summed E-state index contributed by atoms with van der Waals surface area (Å²) >= 11 is 5.91. The van der Waals surface area contributed by atoms with E-state index in [0.717, 1.165) is 0 Å². The number of benzene rings is 2. The summed E-state index contributed by atoms with van der Waals surface area (Å²) in [5.74, 6) is -0.746. The lowest BCUT2D eigenvalue weighted by Crippen LogP contribution is -3.00. The van der Waals surface area contributed by atoms with Gasteiger partial charge in [0.25, 0.3) is 11.8 Å². The number of anilines is 2. The third kappa shape index (κ3) is 4.20. The van der Waals surface area contributed by atoms with E-state index in [9.17, 15) is 14.7 Å². The Labute approximate surface area is 189 Å². The van der Waals surface area contributed by atoms with Gasteiger partial charge in [-0.25, -0.2) is 0 Å². The van der Waals surface area contributed by atoms with E-state index in [1.54, 1.807) is 65.4 Å². The molecule has 0 fully saturated rings. The fraction of sp³-hybridized carbons (Fsp3) is 0.0952. The van der Waals surface area contributed by atoms with Crippen molar-refractivity contribution in [2.24, 2.45) is 0 Å². The maximum Gasteiger partial charge on any atom is 0.294 e. The van der Waals surface area contributed by atoms with Crippen molar-refractivity contribution in [1.82, 2.24) is 0 Å². The van der Waals surface area contributed by atoms with Crippen LogP contribution in [-0.4, -0.2) is 16.9 Å². The van der Waals surface area contributed by atoms with Crippen LogP contribution < -0.4 is 38.8 Å². The lowest BCUT2D eigenvalue weighted by atomic mass is 10.0. The number of pyridine rings is 1. The minimum atomic E-state index is -0.938. The van der Waals surface area contributed by atoms with Crippen LogP contribution in [0.4, 0.5) is 11.4 Å². The molecule has 0 saturated carbocycles. The fourth-order valence-corrected chi connectivity index (χ4v) is 3.44. The van der Waals surface area contributed by atoms with Gasteiger partial charge in [0, 0.05) is 22.8 Å². The van der Waals surface area contributed by atoms with Crippen molar-refractivity contribution in [3.05, 3.63) is 83.6 Å². The third-order valence-electron chi connectivity index (χ3n) is 4.59. The summed E-state index contributed by atoms with van der Waals surface area (Å²) in [5, 5.41) is 13.7. The highest BCUT2D eigenvalue weighted by molar-refractivity contribution is 6.30. The number of hydrogen-bond acceptors (Lipinski definition) is 3. The summed E-state index contributed by atoms with van der Waals surface area (Å²) in [6.45, 7) is 0.0786. The van der Waals surface area contributed by atoms with Crippen LogP contribution >= 0.6 is 11.6 Å². The summed E-state index contributed by atoms with van der Waals surface area (Å²) in [4.78, 5) is 27.5. The number of phenolic OH excluding ortho intramolecular Hbond substituents is 1. The Hall–Kier alpha value is -2.65. The second-order valence-corrected chi connectivity index (χ2v) is 6.84. The molecule has 2 heterocycles. The van der Waals surface area contributed by atoms with Gasteiger partial charge in [0.15, 0.2) is 6.20 Å². The molecule has 6 nitrogen and oxygen atoms in total. The number of nitrogens with zero attached hydrogens (tertiary/aromatic N) is 2. The molecule has 2 N–H and O–H groups in total. The molecule has 0 aliphatic carbocycles. The summed E-state index contributed by atoms with van der Waals surface area (Å²) < 4.78 is 1.74. The third-order valence-corrected chi connectivity index (χ3v) is 4.84. The standard InChI is InChI=1S/C21H16ClN3O3.HI/c22-14-8-10-15(11-9-14)23-21(28)20-17-6-3-4-12-24(17)13-19(27)25(20)16-5-1-2-7-18(16)26;/h1-12,20H,13H2,(H-,23,26,28);1H. The van der Waals surface area contributed by atoms with Gasteiger partial charge in [0.1, 0.15) is 5.75 Å². The van der Waals surface area contributed by atoms with Crippen molar-refractivity contribution in [3.8, 4) is 5.75 Å². The molecule has 0 radical (unpaired) electrons. The van der Waals surface area contributed by atoms with Gasteiger partial charge in [-0.05, 0) is 36.4 Å². The molecule has 1 aliphatic rings. The van der Waals surface area contributed by atoms with Gasteiger partial charge >= 0.3 is 0 Å². The van der Waals surface area contributed by atoms with E-state index in [-0.39, 0.29) is 42.2 Å². The van der Waals surface area contributed by atoms with Gasteiger partial charge in [-0.15, -0.1) is 0 Å². The van der Waals surface area contributed by atoms with Crippen molar-refractivity contribution >= 4 is 34.8 Å². The number of aromatic hydroxyl groups is 1. The Balaban J connectivity index is 0.00000240. The Morgan fingerprint density at radius 1 is 1.07 bits per heavy atom. The molecule has 8 heteroatoms. The highest BCUT2D eigenvalue weighted by Gasteiger charge is 2.44. The van der Waals surface area contributed by atoms with Crippen molar-refractivity contribution in [1.29, 1.82) is 0 Å². The minimum absolute atomic E-state index is 0. The number of rotatable bonds is 3. The number of phenols is 1. The Bertz CT molecular complexity index is 1060. The SMILES string of the molecule is O=C(Nc1ccc(Cl)cc1)C1c2cccc[n+]2CC(=O)N1c1ccccc1O.[I-]. The molecule has 4 rings (SSSR count). The van der Waals surface area contributed by atoms with Gasteiger partial charge in [-0.3, -0.25) is 14.5 Å². The van der Waals surface area contributed by atoms with E-state index < -0.39 is 11.9 Å². The first-order valence-electron chi connectivity index (χ1n) is 8.69. The van der Waals surface area contributed by atoms with Crippen molar-refractivity contribution in [2.75, 3.05) is 10.2 Å². The molecule has 0 bridgehead atoms. The largest absolute Gasteiger partial charge is 1.00 e. The number of nitrogens with one attached hydrogen (secondary N) is 1. The maximum absolute atomic E-state index is 13.2. The maximum atomic E-state index is 13.2. The average Bonchev–Trinajstić information content (AvgIpc) is 2.69. The Kier molecular flexibility index (Phi) is 6.39. The van der Waals surface area contributed by atoms with Crippen LogP contribution in [0, 0.1) is 0 Å². The zero-order valence-electron chi connectivity index (χ0n) is 15.1. The summed E-state index contributed by atoms with van der Waals surface area (Å²) in [6, 6.07) is 17.7. The summed E-state index contributed by atoms with van der Waals surface area (Å²) in [7, 11) is 0. The minimum Gasteiger partial charge on any atom is -1.00 e. The molecule has 1 aromatic heterocycles. The number of carbonyl (C=O) groups excluding carboxylic acids is 2. The number of halogens is 2. The van der Waals surface area contributed by atoms with Gasteiger partial charge in [0.05, 0.1) is 5.69 Å². The lowest BCUT2D eigenvalue weighted by molar-refractivity contribution is -0.695. The number of fused-ring (bicyclic) bond motifs is 1. The van der Waals surface area contributed by atoms with Crippen molar-refractivity contribution < 1.29 is 43.2 Å². The topological polar surface area (TPSA) is 73.5 Å². The molecule has 2 aromatic carbocycles. The predicted molar refractivity (Wildman–Crippen MR) is 105 cm³/mol. The molecule has 29 heavy (non-hydrogen) atoms. The van der Waals surface area contributed by atoms with E-state index in [4.69, 9.17) is 11.6 Å². The molecule has 0 spiro atoms. The van der Waals surface area contributed by atoms with Crippen LogP contribution in [0.5, 0.6) is 5.75 Å². The van der Waals surface area contributed by atoms with Crippen LogP contribution in [0.1, 0.15) is 11.7 Å². The average molecular weight is 522 g/mol. The number of amides is 2. The van der Waals surface area contributed by atoms with E-state index >= 15 is 0 Å². The molecule has 148 valence electrons. The van der Waals surface area contributed by atoms with E-state index in [0.29, 0.717) is 22.1 Å². The van der Waals surface area contributed by atoms with E-state index in [2.05, 4.69) is 5.32 Å². The Morgan fingerprint density at radius 3 is 2.48 bits per heavy atom. The van der Waals surface area contributed by atoms with Gasteiger partial charge in [0.2, 0.25) is 18.3 Å². The van der Waals surface area contributed by atoms with Crippen LogP contribution in [0.2, 0.25) is 5.02 Å². The van der Waals surface area contributed by atoms with E-state index in [1.807, 2.05) is 6.07 Å². The number of para-hydroxylation sites is 2. The Morgan fingerprint density at radius 2 is 1.76 bits per heavy atom. The van der Waals surface area contributed by atoms with Crippen LogP contribution in [0.25, 0.3) is 0 Å². The summed E-state index contributed by atoms with van der Waals surface area (Å²) in [5.41, 5.74) is 1.50. The van der Waals surface area contributed by atoms with Crippen molar-refractivity contribution in [2.45, 2.75) is 12.6 Å². The summed E-state index contributed by atoms with van der Waals surface area (Å²) in [6.07, 6.45) is 1.76. The molecule has 3 aromatic rings. The second-order valence-electron chi connectivity index (χ2n) is 6.40. The zero-order chi connectivity index (χ0) is 19.7. The number of hydrogen-bond donors (Lipinski definition) is 2. The number of aromatic nitrogens is 1. The van der Waals surface area contributed by atoms with Gasteiger partial charge < -0.3 is 34.4 Å². The monoisotopic (exact) mass is 521 g/mol. The normalized spacial score (nSPS) is 15.3. The van der Waals surface area contributed by atoms with Gasteiger partial charge in [-0.1, -0.05) is 29.8 Å². The molecular weight excluding hydrogens is 505 g/mol. The molecule has 1 unspecified atom stereocenters. The van der Waals surface area contributed by atoms with Crippen LogP contribution in [0.15, 0.2) is 72.9 Å². The fourth-order valence-electron chi connectivity index (χ4n) is 3.32. The first-order valence-corrected chi connectivity index (χ1v) is 9.07. The van der Waals surface area contributed by atoms with Gasteiger partial charge in [-0.2, -0.15) is 4.57 Å². The molecule has 1 aliphatic heterocycles. The smallest absolute Gasteiger partial charge is 0.294 e. The van der Waals surface area contributed by atoms with Crippen LogP contribution in [-0.2, 0) is 16.1 Å². The zero-order valence-corrected chi connectivity index (χ0v) is 18.0. The highest BCUT2D eigenvalue weighted by atomic mass is 127. The quantitative estimate of drug-likeness (QED) is 0.378.